The van der Waals surface area contributed by atoms with E-state index in [2.05, 4.69) is 10.1 Å². The van der Waals surface area contributed by atoms with Gasteiger partial charge in [-0.05, 0) is 19.9 Å². The zero-order valence-electron chi connectivity index (χ0n) is 18.2. The predicted molar refractivity (Wildman–Crippen MR) is 120 cm³/mol. The fourth-order valence-electron chi connectivity index (χ4n) is 3.96. The maximum atomic E-state index is 12.9. The number of aromatic nitrogens is 1. The minimum Gasteiger partial charge on any atom is -0.492 e. The van der Waals surface area contributed by atoms with Crippen LogP contribution in [0.5, 0.6) is 5.75 Å². The van der Waals surface area contributed by atoms with Crippen molar-refractivity contribution in [1.82, 2.24) is 15.0 Å². The SMILES string of the molecule is CCN1CCN(Cc2c(C)noc2-c2ccccc2)CCOc2ccccc2CC1=O. The van der Waals surface area contributed by atoms with Crippen molar-refractivity contribution in [2.75, 3.05) is 32.8 Å². The summed E-state index contributed by atoms with van der Waals surface area (Å²) in [7, 11) is 0. The molecule has 0 unspecified atom stereocenters. The fourth-order valence-corrected chi connectivity index (χ4v) is 3.96. The molecule has 1 aromatic heterocycles. The number of benzene rings is 2. The number of para-hydroxylation sites is 1. The largest absolute Gasteiger partial charge is 0.492 e. The lowest BCUT2D eigenvalue weighted by molar-refractivity contribution is -0.130. The second kappa shape index (κ2) is 9.79. The van der Waals surface area contributed by atoms with E-state index in [1.807, 2.05) is 73.3 Å². The number of rotatable bonds is 4. The first kappa shape index (κ1) is 21.1. The van der Waals surface area contributed by atoms with Crippen molar-refractivity contribution in [3.8, 4) is 17.1 Å². The molecule has 4 rings (SSSR count). The Labute approximate surface area is 183 Å². The molecule has 0 saturated heterocycles. The number of carbonyl (C=O) groups excluding carboxylic acids is 1. The number of aryl methyl sites for hydroxylation is 1. The number of likely N-dealkylation sites (N-methyl/N-ethyl adjacent to an activating group) is 1. The molecule has 0 N–H and O–H groups in total. The van der Waals surface area contributed by atoms with Crippen molar-refractivity contribution < 1.29 is 14.1 Å². The Kier molecular flexibility index (Phi) is 6.67. The van der Waals surface area contributed by atoms with Crippen LogP contribution in [0.15, 0.2) is 59.1 Å². The van der Waals surface area contributed by atoms with E-state index in [4.69, 9.17) is 9.26 Å². The number of fused-ring (bicyclic) bond motifs is 1. The van der Waals surface area contributed by atoms with Gasteiger partial charge in [0.1, 0.15) is 12.4 Å². The minimum absolute atomic E-state index is 0.131. The van der Waals surface area contributed by atoms with Crippen LogP contribution in [0.25, 0.3) is 11.3 Å². The van der Waals surface area contributed by atoms with Crippen LogP contribution >= 0.6 is 0 Å². The van der Waals surface area contributed by atoms with Crippen molar-refractivity contribution in [3.63, 3.8) is 0 Å². The highest BCUT2D eigenvalue weighted by Crippen LogP contribution is 2.27. The van der Waals surface area contributed by atoms with Crippen LogP contribution < -0.4 is 4.74 Å². The molecule has 0 spiro atoms. The quantitative estimate of drug-likeness (QED) is 0.641. The lowest BCUT2D eigenvalue weighted by atomic mass is 10.1. The monoisotopic (exact) mass is 419 g/mol. The molecule has 1 amide bonds. The predicted octanol–water partition coefficient (Wildman–Crippen LogP) is 3.94. The molecule has 31 heavy (non-hydrogen) atoms. The van der Waals surface area contributed by atoms with Gasteiger partial charge in [0.05, 0.1) is 12.1 Å². The van der Waals surface area contributed by atoms with E-state index in [1.165, 1.54) is 0 Å². The van der Waals surface area contributed by atoms with E-state index in [0.29, 0.717) is 32.7 Å². The third kappa shape index (κ3) is 4.97. The molecule has 0 fully saturated rings. The van der Waals surface area contributed by atoms with Gasteiger partial charge in [0, 0.05) is 49.4 Å². The summed E-state index contributed by atoms with van der Waals surface area (Å²) >= 11 is 0. The highest BCUT2D eigenvalue weighted by Gasteiger charge is 2.21. The van der Waals surface area contributed by atoms with Gasteiger partial charge < -0.3 is 14.2 Å². The number of hydrogen-bond donors (Lipinski definition) is 0. The van der Waals surface area contributed by atoms with Gasteiger partial charge in [0.15, 0.2) is 5.76 Å². The van der Waals surface area contributed by atoms with Gasteiger partial charge >= 0.3 is 0 Å². The summed E-state index contributed by atoms with van der Waals surface area (Å²) in [6, 6.07) is 17.9. The van der Waals surface area contributed by atoms with Gasteiger partial charge in [-0.15, -0.1) is 0 Å². The van der Waals surface area contributed by atoms with Crippen molar-refractivity contribution >= 4 is 5.91 Å². The molecular weight excluding hydrogens is 390 g/mol. The van der Waals surface area contributed by atoms with E-state index in [-0.39, 0.29) is 5.91 Å². The molecule has 0 atom stereocenters. The van der Waals surface area contributed by atoms with Gasteiger partial charge in [-0.3, -0.25) is 9.69 Å². The van der Waals surface area contributed by atoms with Gasteiger partial charge in [-0.2, -0.15) is 0 Å². The number of carbonyl (C=O) groups is 1. The summed E-state index contributed by atoms with van der Waals surface area (Å²) in [5, 5.41) is 4.22. The van der Waals surface area contributed by atoms with Gasteiger partial charge in [0.2, 0.25) is 5.91 Å². The molecular formula is C25H29N3O3. The number of ether oxygens (including phenoxy) is 1. The molecule has 0 radical (unpaired) electrons. The Morgan fingerprint density at radius 1 is 1.00 bits per heavy atom. The molecule has 2 heterocycles. The molecule has 162 valence electrons. The molecule has 1 aliphatic rings. The van der Waals surface area contributed by atoms with Gasteiger partial charge in [0.25, 0.3) is 0 Å². The van der Waals surface area contributed by atoms with E-state index >= 15 is 0 Å². The summed E-state index contributed by atoms with van der Waals surface area (Å²) in [5.41, 5.74) is 3.94. The second-order valence-electron chi connectivity index (χ2n) is 7.82. The van der Waals surface area contributed by atoms with E-state index < -0.39 is 0 Å². The lowest BCUT2D eigenvalue weighted by Gasteiger charge is -2.26. The number of amides is 1. The highest BCUT2D eigenvalue weighted by atomic mass is 16.5. The van der Waals surface area contributed by atoms with Gasteiger partial charge in [-0.1, -0.05) is 53.7 Å². The average molecular weight is 420 g/mol. The Bertz CT molecular complexity index is 1020. The first-order chi connectivity index (χ1) is 15.2. The average Bonchev–Trinajstić information content (AvgIpc) is 3.14. The molecule has 2 aromatic carbocycles. The Balaban J connectivity index is 1.57. The third-order valence-corrected chi connectivity index (χ3v) is 5.80. The second-order valence-corrected chi connectivity index (χ2v) is 7.82. The summed E-state index contributed by atoms with van der Waals surface area (Å²) in [5.74, 6) is 1.73. The lowest BCUT2D eigenvalue weighted by Crippen LogP contribution is -2.39. The van der Waals surface area contributed by atoms with Crippen LogP contribution in [-0.2, 0) is 17.8 Å². The summed E-state index contributed by atoms with van der Waals surface area (Å²) in [6.07, 6.45) is 0.368. The number of hydrogen-bond acceptors (Lipinski definition) is 5. The van der Waals surface area contributed by atoms with Crippen LogP contribution in [0, 0.1) is 6.92 Å². The van der Waals surface area contributed by atoms with Crippen LogP contribution in [0.2, 0.25) is 0 Å². The van der Waals surface area contributed by atoms with Crippen LogP contribution in [-0.4, -0.2) is 53.6 Å². The van der Waals surface area contributed by atoms with Crippen molar-refractivity contribution in [2.45, 2.75) is 26.8 Å². The molecule has 0 bridgehead atoms. The summed E-state index contributed by atoms with van der Waals surface area (Å²) in [4.78, 5) is 17.1. The molecule has 6 nitrogen and oxygen atoms in total. The van der Waals surface area contributed by atoms with Crippen molar-refractivity contribution in [1.29, 1.82) is 0 Å². The first-order valence-corrected chi connectivity index (χ1v) is 10.9. The Hall–Kier alpha value is -3.12. The zero-order chi connectivity index (χ0) is 21.6. The fraction of sp³-hybridized carbons (Fsp3) is 0.360. The van der Waals surface area contributed by atoms with Crippen LogP contribution in [0.1, 0.15) is 23.7 Å². The number of nitrogens with zero attached hydrogens (tertiary/aromatic N) is 3. The standard InChI is InChI=1S/C25H29N3O3/c1-3-28-14-13-27(15-16-30-23-12-8-7-11-21(23)17-24(28)29)18-22-19(2)26-31-25(22)20-9-5-4-6-10-20/h4-12H,3,13-18H2,1-2H3. The highest BCUT2D eigenvalue weighted by molar-refractivity contribution is 5.79. The maximum absolute atomic E-state index is 12.9. The maximum Gasteiger partial charge on any atom is 0.227 e. The van der Waals surface area contributed by atoms with Crippen molar-refractivity contribution in [2.24, 2.45) is 0 Å². The van der Waals surface area contributed by atoms with Crippen molar-refractivity contribution in [3.05, 3.63) is 71.4 Å². The molecule has 1 aliphatic heterocycles. The Morgan fingerprint density at radius 3 is 2.58 bits per heavy atom. The van der Waals surface area contributed by atoms with Gasteiger partial charge in [-0.25, -0.2) is 0 Å². The van der Waals surface area contributed by atoms with E-state index in [1.54, 1.807) is 0 Å². The van der Waals surface area contributed by atoms with E-state index in [0.717, 1.165) is 47.0 Å². The van der Waals surface area contributed by atoms with Crippen LogP contribution in [0.4, 0.5) is 0 Å². The summed E-state index contributed by atoms with van der Waals surface area (Å²) < 4.78 is 11.8. The third-order valence-electron chi connectivity index (χ3n) is 5.80. The van der Waals surface area contributed by atoms with Crippen LogP contribution in [0.3, 0.4) is 0 Å². The normalized spacial score (nSPS) is 15.8. The molecule has 0 aliphatic carbocycles. The zero-order valence-corrected chi connectivity index (χ0v) is 18.2. The molecule has 6 heteroatoms. The summed E-state index contributed by atoms with van der Waals surface area (Å²) in [6.45, 7) is 8.14. The smallest absolute Gasteiger partial charge is 0.227 e. The molecule has 3 aromatic rings. The Morgan fingerprint density at radius 2 is 1.77 bits per heavy atom. The van der Waals surface area contributed by atoms with E-state index in [9.17, 15) is 4.79 Å². The molecule has 0 saturated carbocycles. The first-order valence-electron chi connectivity index (χ1n) is 10.9. The topological polar surface area (TPSA) is 58.8 Å². The minimum atomic E-state index is 0.131.